The first-order valence-corrected chi connectivity index (χ1v) is 5.07. The molecule has 0 aliphatic carbocycles. The first-order valence-electron chi connectivity index (χ1n) is 5.07. The van der Waals surface area contributed by atoms with Crippen LogP contribution in [0.3, 0.4) is 0 Å². The third-order valence-corrected chi connectivity index (χ3v) is 2.24. The molecule has 0 fully saturated rings. The third kappa shape index (κ3) is 2.27. The minimum absolute atomic E-state index is 0.179. The van der Waals surface area contributed by atoms with Crippen LogP contribution in [-0.4, -0.2) is 20.9 Å². The van der Waals surface area contributed by atoms with Crippen molar-refractivity contribution in [2.24, 2.45) is 7.05 Å². The van der Waals surface area contributed by atoms with Crippen LogP contribution in [0.2, 0.25) is 0 Å². The monoisotopic (exact) mass is 242 g/mol. The molecule has 7 nitrogen and oxygen atoms in total. The summed E-state index contributed by atoms with van der Waals surface area (Å²) in [6, 6.07) is 6.63. The topological polar surface area (TPSA) is 110 Å². The molecule has 3 N–H and O–H groups in total. The van der Waals surface area contributed by atoms with Crippen molar-refractivity contribution in [2.45, 2.75) is 0 Å². The number of amides is 1. The molecule has 0 spiro atoms. The van der Waals surface area contributed by atoms with Gasteiger partial charge in [-0.05, 0) is 18.2 Å². The lowest BCUT2D eigenvalue weighted by Crippen LogP contribution is -2.14. The van der Waals surface area contributed by atoms with Crippen LogP contribution in [0.25, 0.3) is 0 Å². The zero-order valence-electron chi connectivity index (χ0n) is 9.58. The number of carbonyl (C=O) groups excluding carboxylic acids is 1. The van der Waals surface area contributed by atoms with Gasteiger partial charge < -0.3 is 11.1 Å². The van der Waals surface area contributed by atoms with Crippen LogP contribution in [0.5, 0.6) is 0 Å². The van der Waals surface area contributed by atoms with E-state index in [4.69, 9.17) is 11.0 Å². The van der Waals surface area contributed by atoms with Crippen molar-refractivity contribution in [3.05, 3.63) is 35.7 Å². The zero-order chi connectivity index (χ0) is 13.1. The smallest absolute Gasteiger partial charge is 0.277 e. The van der Waals surface area contributed by atoms with Gasteiger partial charge in [0.2, 0.25) is 0 Å². The summed E-state index contributed by atoms with van der Waals surface area (Å²) >= 11 is 0. The molecule has 0 saturated heterocycles. The minimum Gasteiger partial charge on any atom is -0.399 e. The summed E-state index contributed by atoms with van der Waals surface area (Å²) in [7, 11) is 1.61. The summed E-state index contributed by atoms with van der Waals surface area (Å²) in [5.74, 6) is -0.427. The van der Waals surface area contributed by atoms with Crippen molar-refractivity contribution in [1.82, 2.24) is 15.0 Å². The summed E-state index contributed by atoms with van der Waals surface area (Å²) in [6.07, 6.45) is 1.35. The van der Waals surface area contributed by atoms with Crippen LogP contribution < -0.4 is 11.1 Å². The number of nitriles is 1. The predicted molar refractivity (Wildman–Crippen MR) is 64.5 cm³/mol. The van der Waals surface area contributed by atoms with Gasteiger partial charge in [-0.25, -0.2) is 0 Å². The summed E-state index contributed by atoms with van der Waals surface area (Å²) in [5, 5.41) is 19.2. The molecule has 18 heavy (non-hydrogen) atoms. The molecule has 0 bridgehead atoms. The van der Waals surface area contributed by atoms with E-state index in [-0.39, 0.29) is 5.69 Å². The van der Waals surface area contributed by atoms with E-state index < -0.39 is 5.91 Å². The first-order chi connectivity index (χ1) is 8.60. The Labute approximate surface area is 103 Å². The van der Waals surface area contributed by atoms with Crippen molar-refractivity contribution in [3.8, 4) is 6.07 Å². The van der Waals surface area contributed by atoms with E-state index in [0.29, 0.717) is 16.9 Å². The number of anilines is 2. The van der Waals surface area contributed by atoms with Gasteiger partial charge in [0.05, 0.1) is 17.4 Å². The van der Waals surface area contributed by atoms with Crippen LogP contribution in [-0.2, 0) is 7.05 Å². The number of hydrogen-bond acceptors (Lipinski definition) is 5. The Bertz CT molecular complexity index is 639. The van der Waals surface area contributed by atoms with Gasteiger partial charge in [0, 0.05) is 12.7 Å². The van der Waals surface area contributed by atoms with Crippen LogP contribution in [0.15, 0.2) is 24.4 Å². The number of aryl methyl sites for hydroxylation is 1. The lowest BCUT2D eigenvalue weighted by molar-refractivity contribution is 0.102. The molecule has 0 saturated carbocycles. The van der Waals surface area contributed by atoms with Gasteiger partial charge >= 0.3 is 0 Å². The maximum absolute atomic E-state index is 11.8. The number of nitrogens with one attached hydrogen (secondary N) is 1. The zero-order valence-corrected chi connectivity index (χ0v) is 9.58. The highest BCUT2D eigenvalue weighted by molar-refractivity contribution is 6.03. The Morgan fingerprint density at radius 2 is 2.33 bits per heavy atom. The third-order valence-electron chi connectivity index (χ3n) is 2.24. The van der Waals surface area contributed by atoms with Crippen LogP contribution in [0, 0.1) is 11.3 Å². The molecule has 1 amide bonds. The molecule has 90 valence electrons. The van der Waals surface area contributed by atoms with Gasteiger partial charge in [-0.1, -0.05) is 0 Å². The second-order valence-electron chi connectivity index (χ2n) is 3.59. The van der Waals surface area contributed by atoms with Gasteiger partial charge in [0.1, 0.15) is 6.07 Å². The van der Waals surface area contributed by atoms with Crippen molar-refractivity contribution in [2.75, 3.05) is 11.1 Å². The summed E-state index contributed by atoms with van der Waals surface area (Å²) < 4.78 is 0. The maximum atomic E-state index is 11.8. The Morgan fingerprint density at radius 3 is 2.94 bits per heavy atom. The Balaban J connectivity index is 2.25. The second kappa shape index (κ2) is 4.55. The molecule has 1 aromatic heterocycles. The van der Waals surface area contributed by atoms with Crippen LogP contribution in [0.1, 0.15) is 16.1 Å². The molecule has 2 rings (SSSR count). The predicted octanol–water partition coefficient (Wildman–Crippen LogP) is 0.521. The molecule has 0 aliphatic rings. The molecule has 1 aromatic carbocycles. The fraction of sp³-hybridized carbons (Fsp3) is 0.0909. The Morgan fingerprint density at radius 1 is 1.56 bits per heavy atom. The van der Waals surface area contributed by atoms with E-state index in [1.807, 2.05) is 6.07 Å². The molecular formula is C11H10N6O. The van der Waals surface area contributed by atoms with Crippen LogP contribution >= 0.6 is 0 Å². The summed E-state index contributed by atoms with van der Waals surface area (Å²) in [4.78, 5) is 13.1. The summed E-state index contributed by atoms with van der Waals surface area (Å²) in [6.45, 7) is 0. The second-order valence-corrected chi connectivity index (χ2v) is 3.59. The highest BCUT2D eigenvalue weighted by Crippen LogP contribution is 2.18. The van der Waals surface area contributed by atoms with E-state index in [9.17, 15) is 4.79 Å². The Kier molecular flexibility index (Phi) is 2.93. The minimum atomic E-state index is -0.427. The van der Waals surface area contributed by atoms with Gasteiger partial charge in [-0.3, -0.25) is 4.79 Å². The van der Waals surface area contributed by atoms with E-state index in [1.54, 1.807) is 19.2 Å². The molecule has 0 atom stereocenters. The average Bonchev–Trinajstić information content (AvgIpc) is 2.78. The standard InChI is InChI=1S/C11H10N6O/c1-17-14-6-10(16-17)11(18)15-9-3-2-8(13)4-7(9)5-12/h2-4,6H,13H2,1H3,(H,15,18). The molecule has 0 aliphatic heterocycles. The van der Waals surface area contributed by atoms with Crippen LogP contribution in [0.4, 0.5) is 11.4 Å². The fourth-order valence-electron chi connectivity index (χ4n) is 1.40. The number of nitrogen functional groups attached to an aromatic ring is 1. The van der Waals surface area contributed by atoms with Crippen molar-refractivity contribution >= 4 is 17.3 Å². The van der Waals surface area contributed by atoms with Gasteiger partial charge in [0.15, 0.2) is 5.69 Å². The van der Waals surface area contributed by atoms with E-state index in [2.05, 4.69) is 15.5 Å². The van der Waals surface area contributed by atoms with Crippen molar-refractivity contribution in [1.29, 1.82) is 5.26 Å². The number of nitrogens with two attached hydrogens (primary N) is 1. The number of nitrogens with zero attached hydrogens (tertiary/aromatic N) is 4. The number of hydrogen-bond donors (Lipinski definition) is 2. The molecule has 1 heterocycles. The number of carbonyl (C=O) groups is 1. The van der Waals surface area contributed by atoms with Gasteiger partial charge in [-0.15, -0.1) is 5.10 Å². The Hall–Kier alpha value is -2.88. The SMILES string of the molecule is Cn1ncc(C(=O)Nc2ccc(N)cc2C#N)n1. The largest absolute Gasteiger partial charge is 0.399 e. The van der Waals surface area contributed by atoms with E-state index in [0.717, 1.165) is 0 Å². The lowest BCUT2D eigenvalue weighted by Gasteiger charge is -2.05. The molecule has 2 aromatic rings. The quantitative estimate of drug-likeness (QED) is 0.746. The van der Waals surface area contributed by atoms with Gasteiger partial charge in [0.25, 0.3) is 5.91 Å². The summed E-state index contributed by atoms with van der Waals surface area (Å²) in [5.41, 5.74) is 6.89. The molecule has 0 radical (unpaired) electrons. The van der Waals surface area contributed by atoms with E-state index >= 15 is 0 Å². The number of aromatic nitrogens is 3. The molecule has 0 unspecified atom stereocenters. The van der Waals surface area contributed by atoms with Gasteiger partial charge in [-0.2, -0.15) is 15.2 Å². The number of rotatable bonds is 2. The lowest BCUT2D eigenvalue weighted by atomic mass is 10.1. The molecule has 7 heteroatoms. The van der Waals surface area contributed by atoms with Crippen molar-refractivity contribution < 1.29 is 4.79 Å². The fourth-order valence-corrected chi connectivity index (χ4v) is 1.40. The van der Waals surface area contributed by atoms with E-state index in [1.165, 1.54) is 17.1 Å². The normalized spacial score (nSPS) is 9.78. The molecular weight excluding hydrogens is 232 g/mol. The first kappa shape index (κ1) is 11.6. The van der Waals surface area contributed by atoms with Crippen molar-refractivity contribution in [3.63, 3.8) is 0 Å². The maximum Gasteiger partial charge on any atom is 0.277 e. The highest BCUT2D eigenvalue weighted by atomic mass is 16.2. The number of benzene rings is 1. The average molecular weight is 242 g/mol. The highest BCUT2D eigenvalue weighted by Gasteiger charge is 2.12.